The molecule has 178 valence electrons. The number of carbonyl (C=O) groups excluding carboxylic acids is 1. The van der Waals surface area contributed by atoms with Crippen molar-refractivity contribution in [2.75, 3.05) is 0 Å². The third-order valence-electron chi connectivity index (χ3n) is 6.03. The molecule has 3 rings (SSSR count). The molecule has 0 radical (unpaired) electrons. The zero-order valence-electron chi connectivity index (χ0n) is 17.8. The molecule has 1 aliphatic rings. The van der Waals surface area contributed by atoms with Gasteiger partial charge in [0.15, 0.2) is 5.65 Å². The van der Waals surface area contributed by atoms with Gasteiger partial charge in [-0.2, -0.15) is 26.3 Å². The fourth-order valence-electron chi connectivity index (χ4n) is 3.87. The van der Waals surface area contributed by atoms with E-state index in [0.29, 0.717) is 31.7 Å². The first-order valence-electron chi connectivity index (χ1n) is 10.4. The number of ketones is 1. The van der Waals surface area contributed by atoms with Crippen LogP contribution in [0.15, 0.2) is 12.1 Å². The van der Waals surface area contributed by atoms with Crippen LogP contribution in [-0.2, 0) is 22.9 Å². The lowest BCUT2D eigenvalue weighted by Gasteiger charge is -2.36. The number of carbonyl (C=O) groups is 1. The topological polar surface area (TPSA) is 68.0 Å². The zero-order chi connectivity index (χ0) is 23.9. The predicted octanol–water partition coefficient (Wildman–Crippen LogP) is 5.33. The van der Waals surface area contributed by atoms with Crippen LogP contribution in [-0.4, -0.2) is 37.2 Å². The summed E-state index contributed by atoms with van der Waals surface area (Å²) >= 11 is 0. The number of aryl methyl sites for hydroxylation is 1. The Labute approximate surface area is 180 Å². The van der Waals surface area contributed by atoms with Crippen LogP contribution in [0.4, 0.5) is 26.3 Å². The first kappa shape index (κ1) is 24.5. The number of unbranched alkanes of at least 4 members (excludes halogenated alkanes) is 1. The maximum Gasteiger partial charge on any atom is 0.433 e. The highest BCUT2D eigenvalue weighted by Gasteiger charge is 2.51. The summed E-state index contributed by atoms with van der Waals surface area (Å²) in [5.74, 6) is -0.160. The second-order valence-electron chi connectivity index (χ2n) is 8.96. The van der Waals surface area contributed by atoms with Crippen LogP contribution < -0.4 is 0 Å². The van der Waals surface area contributed by atoms with Gasteiger partial charge in [-0.15, -0.1) is 0 Å². The molecule has 5 nitrogen and oxygen atoms in total. The van der Waals surface area contributed by atoms with Crippen LogP contribution in [0.2, 0.25) is 0 Å². The van der Waals surface area contributed by atoms with E-state index in [1.165, 1.54) is 0 Å². The molecule has 2 heterocycles. The molecule has 0 aliphatic heterocycles. The van der Waals surface area contributed by atoms with Gasteiger partial charge in [0.1, 0.15) is 28.4 Å². The molecule has 0 unspecified atom stereocenters. The summed E-state index contributed by atoms with van der Waals surface area (Å²) in [6, 6.07) is 1.70. The first-order chi connectivity index (χ1) is 14.6. The molecule has 1 N–H and O–H groups in total. The van der Waals surface area contributed by atoms with Gasteiger partial charge < -0.3 is 5.11 Å². The molecular weight excluding hydrogens is 440 g/mol. The minimum atomic E-state index is -4.81. The Morgan fingerprint density at radius 1 is 1.09 bits per heavy atom. The van der Waals surface area contributed by atoms with E-state index in [0.717, 1.165) is 30.9 Å². The minimum Gasteiger partial charge on any atom is -0.389 e. The Bertz CT molecular complexity index is 990. The zero-order valence-corrected chi connectivity index (χ0v) is 17.8. The van der Waals surface area contributed by atoms with Gasteiger partial charge in [-0.1, -0.05) is 0 Å². The quantitative estimate of drug-likeness (QED) is 0.423. The molecule has 0 aromatic carbocycles. The number of nitrogens with zero attached hydrogens (tertiary/aromatic N) is 3. The number of alkyl halides is 6. The van der Waals surface area contributed by atoms with Gasteiger partial charge in [-0.3, -0.25) is 9.36 Å². The Balaban J connectivity index is 1.82. The summed E-state index contributed by atoms with van der Waals surface area (Å²) in [4.78, 5) is 19.6. The van der Waals surface area contributed by atoms with Gasteiger partial charge in [0.05, 0.1) is 5.60 Å². The van der Waals surface area contributed by atoms with Crippen molar-refractivity contribution in [1.82, 2.24) is 14.5 Å². The van der Waals surface area contributed by atoms with Crippen molar-refractivity contribution >= 4 is 16.9 Å². The number of hydrogen-bond acceptors (Lipinski definition) is 4. The van der Waals surface area contributed by atoms with Crippen molar-refractivity contribution in [3.05, 3.63) is 23.7 Å². The van der Waals surface area contributed by atoms with Crippen LogP contribution in [0.3, 0.4) is 0 Å². The van der Waals surface area contributed by atoms with Gasteiger partial charge >= 0.3 is 12.4 Å². The number of halogens is 6. The fourth-order valence-corrected chi connectivity index (χ4v) is 3.87. The van der Waals surface area contributed by atoms with Crippen molar-refractivity contribution in [2.45, 2.75) is 88.7 Å². The predicted molar refractivity (Wildman–Crippen MR) is 104 cm³/mol. The Morgan fingerprint density at radius 2 is 1.75 bits per heavy atom. The number of imidazole rings is 1. The molecule has 2 aromatic rings. The van der Waals surface area contributed by atoms with Gasteiger partial charge in [0.2, 0.25) is 0 Å². The van der Waals surface area contributed by atoms with E-state index in [-0.39, 0.29) is 36.4 Å². The number of aliphatic hydroxyl groups is 1. The number of Topliss-reactive ketones (excluding diaryl/α,β-unsaturated/α-hetero) is 1. The van der Waals surface area contributed by atoms with Gasteiger partial charge in [0, 0.05) is 19.3 Å². The van der Waals surface area contributed by atoms with E-state index in [4.69, 9.17) is 0 Å². The highest BCUT2D eigenvalue weighted by Crippen LogP contribution is 2.40. The molecule has 1 aliphatic carbocycles. The van der Waals surface area contributed by atoms with Crippen molar-refractivity contribution < 1.29 is 36.2 Å². The Morgan fingerprint density at radius 3 is 2.28 bits per heavy atom. The number of pyridine rings is 1. The van der Waals surface area contributed by atoms with Crippen LogP contribution in [0.5, 0.6) is 0 Å². The molecule has 0 bridgehead atoms. The standard InChI is InChI=1S/C21H25F6N3O2/c1-18(2,21(25,26)27)30-16(7-4-3-6-13(31)12-19(32)10-5-11-19)28-14-8-9-15(20(22,23)24)29-17(14)30/h8-9,32H,3-7,10-12H2,1-2H3. The summed E-state index contributed by atoms with van der Waals surface area (Å²) in [5.41, 5.74) is -5.31. The van der Waals surface area contributed by atoms with Crippen LogP contribution in [0, 0.1) is 0 Å². The molecule has 2 aromatic heterocycles. The Hall–Kier alpha value is -2.17. The monoisotopic (exact) mass is 465 g/mol. The van der Waals surface area contributed by atoms with E-state index in [1.807, 2.05) is 0 Å². The lowest BCUT2D eigenvalue weighted by Crippen LogP contribution is -2.43. The van der Waals surface area contributed by atoms with E-state index in [1.54, 1.807) is 0 Å². The summed E-state index contributed by atoms with van der Waals surface area (Å²) in [5, 5.41) is 10.0. The van der Waals surface area contributed by atoms with Gasteiger partial charge in [-0.25, -0.2) is 9.97 Å². The molecule has 32 heavy (non-hydrogen) atoms. The van der Waals surface area contributed by atoms with Crippen LogP contribution in [0.25, 0.3) is 11.2 Å². The number of rotatable bonds is 8. The number of aromatic nitrogens is 3. The second-order valence-corrected chi connectivity index (χ2v) is 8.96. The number of hydrogen-bond donors (Lipinski definition) is 1. The van der Waals surface area contributed by atoms with Crippen molar-refractivity contribution in [2.24, 2.45) is 0 Å². The third-order valence-corrected chi connectivity index (χ3v) is 6.03. The minimum absolute atomic E-state index is 0.0365. The summed E-state index contributed by atoms with van der Waals surface area (Å²) in [6.07, 6.45) is -6.58. The molecular formula is C21H25F6N3O2. The largest absolute Gasteiger partial charge is 0.433 e. The molecule has 11 heteroatoms. The normalized spacial score (nSPS) is 16.9. The average Bonchev–Trinajstić information content (AvgIpc) is 3.00. The maximum absolute atomic E-state index is 13.8. The first-order valence-corrected chi connectivity index (χ1v) is 10.4. The lowest BCUT2D eigenvalue weighted by molar-refractivity contribution is -0.202. The van der Waals surface area contributed by atoms with E-state index >= 15 is 0 Å². The van der Waals surface area contributed by atoms with Crippen LogP contribution in [0.1, 0.15) is 70.3 Å². The summed E-state index contributed by atoms with van der Waals surface area (Å²) in [6.45, 7) is 1.73. The van der Waals surface area contributed by atoms with Crippen molar-refractivity contribution in [3.8, 4) is 0 Å². The molecule has 1 fully saturated rings. The van der Waals surface area contributed by atoms with Crippen molar-refractivity contribution in [1.29, 1.82) is 0 Å². The molecule has 0 atom stereocenters. The Kier molecular flexibility index (Phi) is 6.36. The SMILES string of the molecule is CC(C)(n1c(CCCCC(=O)CC2(O)CCC2)nc2ccc(C(F)(F)F)nc21)C(F)(F)F. The highest BCUT2D eigenvalue weighted by atomic mass is 19.4. The van der Waals surface area contributed by atoms with E-state index < -0.39 is 34.8 Å². The van der Waals surface area contributed by atoms with Crippen LogP contribution >= 0.6 is 0 Å². The maximum atomic E-state index is 13.8. The molecule has 0 saturated heterocycles. The summed E-state index contributed by atoms with van der Waals surface area (Å²) in [7, 11) is 0. The number of fused-ring (bicyclic) bond motifs is 1. The fraction of sp³-hybridized carbons (Fsp3) is 0.667. The average molecular weight is 465 g/mol. The van der Waals surface area contributed by atoms with E-state index in [2.05, 4.69) is 9.97 Å². The van der Waals surface area contributed by atoms with E-state index in [9.17, 15) is 36.2 Å². The highest BCUT2D eigenvalue weighted by molar-refractivity contribution is 5.79. The van der Waals surface area contributed by atoms with Crippen molar-refractivity contribution in [3.63, 3.8) is 0 Å². The molecule has 0 spiro atoms. The van der Waals surface area contributed by atoms with Gasteiger partial charge in [-0.05, 0) is 58.1 Å². The third kappa shape index (κ3) is 4.92. The summed E-state index contributed by atoms with van der Waals surface area (Å²) < 4.78 is 81.3. The smallest absolute Gasteiger partial charge is 0.389 e. The lowest BCUT2D eigenvalue weighted by atomic mass is 9.76. The molecule has 1 saturated carbocycles. The van der Waals surface area contributed by atoms with Gasteiger partial charge in [0.25, 0.3) is 0 Å². The second kappa shape index (κ2) is 8.31. The molecule has 0 amide bonds.